The third kappa shape index (κ3) is 5.33. The Balaban J connectivity index is 1.94. The first-order valence-electron chi connectivity index (χ1n) is 7.34. The van der Waals surface area contributed by atoms with Gasteiger partial charge in [0.15, 0.2) is 0 Å². The predicted octanol–water partition coefficient (Wildman–Crippen LogP) is 4.72. The lowest BCUT2D eigenvalue weighted by Crippen LogP contribution is -2.11. The predicted molar refractivity (Wildman–Crippen MR) is 103 cm³/mol. The maximum absolute atomic E-state index is 11.8. The fourth-order valence-corrected chi connectivity index (χ4v) is 3.15. The largest absolute Gasteiger partial charge is 0.508 e. The zero-order chi connectivity index (χ0) is 19.3. The van der Waals surface area contributed by atoms with Gasteiger partial charge in [0.2, 0.25) is 0 Å². The van der Waals surface area contributed by atoms with E-state index in [0.29, 0.717) is 0 Å². The molecular weight excluding hydrogens is 472 g/mol. The van der Waals surface area contributed by atoms with Crippen LogP contribution in [-0.2, 0) is 11.3 Å². The molecule has 0 aliphatic rings. The lowest BCUT2D eigenvalue weighted by Gasteiger charge is -2.08. The Morgan fingerprint density at radius 1 is 1.27 bits per heavy atom. The van der Waals surface area contributed by atoms with E-state index in [2.05, 4.69) is 47.4 Å². The maximum Gasteiger partial charge on any atom is 0.283 e. The Bertz CT molecular complexity index is 864. The van der Waals surface area contributed by atoms with E-state index < -0.39 is 10.8 Å². The molecule has 0 heterocycles. The molecule has 0 bridgehead atoms. The number of nitro benzene ring substituents is 1. The number of benzene rings is 2. The molecular formula is C16H14Br2N4O4. The minimum absolute atomic E-state index is 0.0631. The second-order valence-corrected chi connectivity index (χ2v) is 6.99. The van der Waals surface area contributed by atoms with Crippen LogP contribution >= 0.6 is 31.9 Å². The average molecular weight is 486 g/mol. The van der Waals surface area contributed by atoms with Crippen LogP contribution in [0.1, 0.15) is 11.1 Å². The molecule has 2 aromatic rings. The first kappa shape index (κ1) is 20.0. The van der Waals surface area contributed by atoms with Crippen molar-refractivity contribution in [3.8, 4) is 5.75 Å². The lowest BCUT2D eigenvalue weighted by molar-refractivity contribution is -0.384. The van der Waals surface area contributed by atoms with Gasteiger partial charge in [-0.2, -0.15) is 5.11 Å². The number of carbonyl (C=O) groups is 1. The highest BCUT2D eigenvalue weighted by atomic mass is 79.9. The number of amides is 1. The summed E-state index contributed by atoms with van der Waals surface area (Å²) in [6.45, 7) is 1.74. The summed E-state index contributed by atoms with van der Waals surface area (Å²) < 4.78 is 1.79. The highest BCUT2D eigenvalue weighted by Crippen LogP contribution is 2.28. The van der Waals surface area contributed by atoms with Gasteiger partial charge in [0.25, 0.3) is 11.6 Å². The van der Waals surface area contributed by atoms with Gasteiger partial charge in [-0.15, -0.1) is 5.11 Å². The molecule has 0 fully saturated rings. The summed E-state index contributed by atoms with van der Waals surface area (Å²) in [4.78, 5) is 21.9. The number of nitrogens with one attached hydrogen (secondary N) is 1. The number of phenolic OH excluding ortho intramolecular Hbond substituents is 1. The minimum Gasteiger partial charge on any atom is -0.508 e. The Labute approximate surface area is 165 Å². The van der Waals surface area contributed by atoms with E-state index in [-0.39, 0.29) is 30.1 Å². The molecule has 2 rings (SSSR count). The number of hydrogen-bond acceptors (Lipinski definition) is 6. The summed E-state index contributed by atoms with van der Waals surface area (Å²) in [5, 5.41) is 30.6. The molecule has 0 radical (unpaired) electrons. The molecule has 26 heavy (non-hydrogen) atoms. The van der Waals surface area contributed by atoms with Crippen LogP contribution in [0.5, 0.6) is 5.75 Å². The number of phenols is 1. The van der Waals surface area contributed by atoms with Gasteiger partial charge < -0.3 is 10.4 Å². The summed E-state index contributed by atoms with van der Waals surface area (Å²) in [6, 6.07) is 7.26. The van der Waals surface area contributed by atoms with Gasteiger partial charge in [-0.05, 0) is 30.7 Å². The van der Waals surface area contributed by atoms with Crippen LogP contribution in [0.15, 0.2) is 49.5 Å². The number of aromatic hydroxyl groups is 1. The van der Waals surface area contributed by atoms with Crippen LogP contribution in [0, 0.1) is 17.0 Å². The molecule has 0 saturated heterocycles. The maximum atomic E-state index is 11.8. The van der Waals surface area contributed by atoms with E-state index in [0.717, 1.165) is 20.2 Å². The topological polar surface area (TPSA) is 117 Å². The van der Waals surface area contributed by atoms with E-state index in [9.17, 15) is 20.0 Å². The van der Waals surface area contributed by atoms with Gasteiger partial charge in [0.1, 0.15) is 5.75 Å². The Morgan fingerprint density at radius 3 is 2.54 bits per heavy atom. The van der Waals surface area contributed by atoms with Crippen molar-refractivity contribution in [3.05, 3.63) is 60.5 Å². The molecule has 0 aliphatic heterocycles. The molecule has 0 unspecified atom stereocenters. The van der Waals surface area contributed by atoms with Gasteiger partial charge >= 0.3 is 0 Å². The first-order chi connectivity index (χ1) is 12.3. The number of non-ortho nitro benzene ring substituents is 1. The summed E-state index contributed by atoms with van der Waals surface area (Å²) in [6.07, 6.45) is 0. The molecule has 2 aromatic carbocycles. The molecule has 0 spiro atoms. The Hall–Kier alpha value is -2.33. The summed E-state index contributed by atoms with van der Waals surface area (Å²) in [5.74, 6) is -0.655. The first-order valence-corrected chi connectivity index (χ1v) is 8.92. The number of rotatable bonds is 6. The van der Waals surface area contributed by atoms with Gasteiger partial charge in [-0.25, -0.2) is 0 Å². The van der Waals surface area contributed by atoms with Gasteiger partial charge in [0, 0.05) is 32.3 Å². The SMILES string of the molecule is Cc1c(Br)cc(NCC(=O)/N=N/Cc2cc([N+](=O)[O-])ccc2O)cc1Br. The third-order valence-corrected chi connectivity index (χ3v) is 5.07. The van der Waals surface area contributed by atoms with E-state index in [1.54, 1.807) is 0 Å². The summed E-state index contributed by atoms with van der Waals surface area (Å²) >= 11 is 6.85. The van der Waals surface area contributed by atoms with E-state index >= 15 is 0 Å². The Kier molecular flexibility index (Phi) is 6.81. The number of nitrogens with zero attached hydrogens (tertiary/aromatic N) is 3. The molecule has 0 aromatic heterocycles. The molecule has 10 heteroatoms. The number of halogens is 2. The minimum atomic E-state index is -0.576. The number of carbonyl (C=O) groups excluding carboxylic acids is 1. The molecule has 0 aliphatic carbocycles. The van der Waals surface area contributed by atoms with Crippen LogP contribution in [0.3, 0.4) is 0 Å². The standard InChI is InChI=1S/C16H14Br2N4O4/c1-9-13(17)5-11(6-14(9)18)19-8-16(24)21-20-7-10-4-12(22(25)26)2-3-15(10)23/h2-6,19,23H,7-8H2,1H3/b21-20+. The summed E-state index contributed by atoms with van der Waals surface area (Å²) in [5.41, 5.74) is 1.82. The fourth-order valence-electron chi connectivity index (χ4n) is 1.96. The van der Waals surface area contributed by atoms with Crippen LogP contribution in [-0.4, -0.2) is 22.5 Å². The smallest absolute Gasteiger partial charge is 0.283 e. The van der Waals surface area contributed by atoms with Crippen molar-refractivity contribution in [2.75, 3.05) is 11.9 Å². The molecule has 2 N–H and O–H groups in total. The van der Waals surface area contributed by atoms with Crippen molar-refractivity contribution < 1.29 is 14.8 Å². The van der Waals surface area contributed by atoms with Crippen molar-refractivity contribution in [2.24, 2.45) is 10.2 Å². The third-order valence-electron chi connectivity index (χ3n) is 3.42. The van der Waals surface area contributed by atoms with E-state index in [1.807, 2.05) is 19.1 Å². The summed E-state index contributed by atoms with van der Waals surface area (Å²) in [7, 11) is 0. The van der Waals surface area contributed by atoms with Crippen molar-refractivity contribution in [1.82, 2.24) is 0 Å². The Morgan fingerprint density at radius 2 is 1.92 bits per heavy atom. The van der Waals surface area contributed by atoms with Crippen molar-refractivity contribution in [2.45, 2.75) is 13.5 Å². The second-order valence-electron chi connectivity index (χ2n) is 5.28. The molecule has 0 atom stereocenters. The molecule has 1 amide bonds. The quantitative estimate of drug-likeness (QED) is 0.348. The second kappa shape index (κ2) is 8.86. The van der Waals surface area contributed by atoms with Crippen LogP contribution < -0.4 is 5.32 Å². The molecule has 8 nitrogen and oxygen atoms in total. The van der Waals surface area contributed by atoms with Gasteiger partial charge in [-0.1, -0.05) is 31.9 Å². The molecule has 0 saturated carbocycles. The normalized spacial score (nSPS) is 10.9. The van der Waals surface area contributed by atoms with Crippen molar-refractivity contribution in [1.29, 1.82) is 0 Å². The molecule has 136 valence electrons. The van der Waals surface area contributed by atoms with Crippen LogP contribution in [0.2, 0.25) is 0 Å². The van der Waals surface area contributed by atoms with Crippen LogP contribution in [0.4, 0.5) is 11.4 Å². The van der Waals surface area contributed by atoms with E-state index in [1.165, 1.54) is 18.2 Å². The van der Waals surface area contributed by atoms with Crippen molar-refractivity contribution in [3.63, 3.8) is 0 Å². The lowest BCUT2D eigenvalue weighted by atomic mass is 10.2. The number of azo groups is 1. The highest BCUT2D eigenvalue weighted by molar-refractivity contribution is 9.11. The number of anilines is 1. The van der Waals surface area contributed by atoms with Gasteiger partial charge in [0.05, 0.1) is 18.0 Å². The highest BCUT2D eigenvalue weighted by Gasteiger charge is 2.10. The zero-order valence-electron chi connectivity index (χ0n) is 13.6. The zero-order valence-corrected chi connectivity index (χ0v) is 16.7. The van der Waals surface area contributed by atoms with E-state index in [4.69, 9.17) is 0 Å². The average Bonchev–Trinajstić information content (AvgIpc) is 2.59. The monoisotopic (exact) mass is 484 g/mol. The number of nitro groups is 1. The fraction of sp³-hybridized carbons (Fsp3) is 0.188. The van der Waals surface area contributed by atoms with Crippen LogP contribution in [0.25, 0.3) is 0 Å². The van der Waals surface area contributed by atoms with Gasteiger partial charge in [-0.3, -0.25) is 14.9 Å². The van der Waals surface area contributed by atoms with Crippen molar-refractivity contribution >= 4 is 49.1 Å². The number of hydrogen-bond donors (Lipinski definition) is 2.